The van der Waals surface area contributed by atoms with Gasteiger partial charge in [0.25, 0.3) is 0 Å². The molecule has 1 heterocycles. The molecule has 0 atom stereocenters. The van der Waals surface area contributed by atoms with E-state index in [1.165, 1.54) is 11.3 Å². The van der Waals surface area contributed by atoms with Gasteiger partial charge in [-0.3, -0.25) is 0 Å². The Labute approximate surface area is 100 Å². The zero-order valence-corrected chi connectivity index (χ0v) is 11.1. The maximum atomic E-state index is 11.9. The first-order valence-electron chi connectivity index (χ1n) is 5.15. The molecule has 0 aliphatic rings. The van der Waals surface area contributed by atoms with Crippen molar-refractivity contribution in [1.29, 1.82) is 0 Å². The zero-order chi connectivity index (χ0) is 12.2. The van der Waals surface area contributed by atoms with Gasteiger partial charge in [0.2, 0.25) is 10.0 Å². The Morgan fingerprint density at radius 1 is 1.38 bits per heavy atom. The van der Waals surface area contributed by atoms with Gasteiger partial charge in [-0.25, -0.2) is 13.1 Å². The quantitative estimate of drug-likeness (QED) is 0.763. The summed E-state index contributed by atoms with van der Waals surface area (Å²) in [6, 6.07) is 1.69. The van der Waals surface area contributed by atoms with Crippen LogP contribution in [0.2, 0.25) is 0 Å². The Morgan fingerprint density at radius 3 is 2.56 bits per heavy atom. The minimum absolute atomic E-state index is 0.0956. The number of nitrogens with one attached hydrogen (secondary N) is 1. The van der Waals surface area contributed by atoms with Crippen molar-refractivity contribution in [2.75, 3.05) is 13.2 Å². The Hall–Kier alpha value is -0.430. The molecule has 1 aromatic rings. The Bertz CT molecular complexity index is 437. The first-order chi connectivity index (χ1) is 7.47. The molecule has 0 saturated carbocycles. The summed E-state index contributed by atoms with van der Waals surface area (Å²) in [6.45, 7) is 4.16. The minimum Gasteiger partial charge on any atom is -0.396 e. The summed E-state index contributed by atoms with van der Waals surface area (Å²) in [5, 5.41) is 8.58. The molecule has 0 bridgehead atoms. The lowest BCUT2D eigenvalue weighted by molar-refractivity contribution is 0.285. The predicted molar refractivity (Wildman–Crippen MR) is 65.3 cm³/mol. The minimum atomic E-state index is -3.37. The van der Waals surface area contributed by atoms with E-state index in [2.05, 4.69) is 4.72 Å². The van der Waals surface area contributed by atoms with Gasteiger partial charge >= 0.3 is 0 Å². The third-order valence-electron chi connectivity index (χ3n) is 2.16. The van der Waals surface area contributed by atoms with E-state index in [4.69, 9.17) is 5.11 Å². The Kier molecular flexibility index (Phi) is 4.91. The molecule has 0 spiro atoms. The molecule has 0 radical (unpaired) electrons. The molecule has 0 aromatic carbocycles. The van der Waals surface area contributed by atoms with Gasteiger partial charge in [-0.15, -0.1) is 11.3 Å². The van der Waals surface area contributed by atoms with Crippen molar-refractivity contribution >= 4 is 21.4 Å². The SMILES string of the molecule is Cc1cc(S(=O)(=O)NCCCCO)c(C)s1. The van der Waals surface area contributed by atoms with Gasteiger partial charge < -0.3 is 5.11 Å². The third-order valence-corrected chi connectivity index (χ3v) is 4.84. The van der Waals surface area contributed by atoms with Gasteiger partial charge in [-0.1, -0.05) is 0 Å². The molecule has 2 N–H and O–H groups in total. The fraction of sp³-hybridized carbons (Fsp3) is 0.600. The van der Waals surface area contributed by atoms with E-state index in [-0.39, 0.29) is 6.61 Å². The third kappa shape index (κ3) is 3.55. The molecule has 0 unspecified atom stereocenters. The second-order valence-electron chi connectivity index (χ2n) is 3.61. The number of aryl methyl sites for hydroxylation is 2. The monoisotopic (exact) mass is 263 g/mol. The van der Waals surface area contributed by atoms with Crippen LogP contribution in [-0.2, 0) is 10.0 Å². The summed E-state index contributed by atoms with van der Waals surface area (Å²) in [7, 11) is -3.37. The highest BCUT2D eigenvalue weighted by molar-refractivity contribution is 7.89. The van der Waals surface area contributed by atoms with Crippen molar-refractivity contribution in [2.45, 2.75) is 31.6 Å². The molecule has 16 heavy (non-hydrogen) atoms. The number of hydrogen-bond acceptors (Lipinski definition) is 4. The molecule has 0 aliphatic heterocycles. The highest BCUT2D eigenvalue weighted by Crippen LogP contribution is 2.24. The van der Waals surface area contributed by atoms with Crippen molar-refractivity contribution < 1.29 is 13.5 Å². The van der Waals surface area contributed by atoms with Crippen molar-refractivity contribution in [1.82, 2.24) is 4.72 Å². The van der Waals surface area contributed by atoms with Gasteiger partial charge in [-0.2, -0.15) is 0 Å². The standard InChI is InChI=1S/C10H17NO3S2/c1-8-7-10(9(2)15-8)16(13,14)11-5-3-4-6-12/h7,11-12H,3-6H2,1-2H3. The van der Waals surface area contributed by atoms with E-state index in [1.807, 2.05) is 6.92 Å². The first kappa shape index (κ1) is 13.6. The van der Waals surface area contributed by atoms with Crippen molar-refractivity contribution in [2.24, 2.45) is 0 Å². The van der Waals surface area contributed by atoms with Crippen molar-refractivity contribution in [3.8, 4) is 0 Å². The molecular formula is C10H17NO3S2. The molecule has 0 amide bonds. The lowest BCUT2D eigenvalue weighted by Gasteiger charge is -2.05. The smallest absolute Gasteiger partial charge is 0.241 e. The van der Waals surface area contributed by atoms with Crippen LogP contribution in [0.4, 0.5) is 0 Å². The van der Waals surface area contributed by atoms with Crippen LogP contribution in [0.1, 0.15) is 22.6 Å². The second-order valence-corrected chi connectivity index (χ2v) is 6.80. The maximum Gasteiger partial charge on any atom is 0.241 e. The van der Waals surface area contributed by atoms with E-state index in [0.717, 1.165) is 9.75 Å². The van der Waals surface area contributed by atoms with Gasteiger partial charge in [0.1, 0.15) is 0 Å². The second kappa shape index (κ2) is 5.77. The highest BCUT2D eigenvalue weighted by Gasteiger charge is 2.17. The van der Waals surface area contributed by atoms with Crippen LogP contribution in [0.15, 0.2) is 11.0 Å². The van der Waals surface area contributed by atoms with Crippen LogP contribution < -0.4 is 4.72 Å². The van der Waals surface area contributed by atoms with Crippen LogP contribution in [0.25, 0.3) is 0 Å². The van der Waals surface area contributed by atoms with E-state index < -0.39 is 10.0 Å². The summed E-state index contributed by atoms with van der Waals surface area (Å²) < 4.78 is 26.3. The molecule has 92 valence electrons. The van der Waals surface area contributed by atoms with E-state index in [9.17, 15) is 8.42 Å². The Morgan fingerprint density at radius 2 is 2.06 bits per heavy atom. The Balaban J connectivity index is 2.67. The largest absolute Gasteiger partial charge is 0.396 e. The summed E-state index contributed by atoms with van der Waals surface area (Å²) in [6.07, 6.45) is 1.27. The topological polar surface area (TPSA) is 66.4 Å². The number of rotatable bonds is 6. The van der Waals surface area contributed by atoms with Crippen LogP contribution in [0.5, 0.6) is 0 Å². The van der Waals surface area contributed by atoms with Gasteiger partial charge in [0, 0.05) is 22.9 Å². The lowest BCUT2D eigenvalue weighted by Crippen LogP contribution is -2.25. The van der Waals surface area contributed by atoms with Crippen LogP contribution in [0.3, 0.4) is 0 Å². The molecular weight excluding hydrogens is 246 g/mol. The molecule has 6 heteroatoms. The number of hydrogen-bond donors (Lipinski definition) is 2. The zero-order valence-electron chi connectivity index (χ0n) is 9.49. The molecule has 0 fully saturated rings. The number of thiophene rings is 1. The fourth-order valence-electron chi connectivity index (χ4n) is 1.40. The van der Waals surface area contributed by atoms with Gasteiger partial charge in [0.15, 0.2) is 0 Å². The first-order valence-corrected chi connectivity index (χ1v) is 7.45. The van der Waals surface area contributed by atoms with Crippen molar-refractivity contribution in [3.05, 3.63) is 15.8 Å². The van der Waals surface area contributed by atoms with Crippen LogP contribution in [-0.4, -0.2) is 26.7 Å². The molecule has 0 saturated heterocycles. The summed E-state index contributed by atoms with van der Waals surface area (Å²) in [4.78, 5) is 2.18. The fourth-order valence-corrected chi connectivity index (χ4v) is 4.02. The predicted octanol–water partition coefficient (Wildman–Crippen LogP) is 1.42. The van der Waals surface area contributed by atoms with Gasteiger partial charge in [-0.05, 0) is 32.8 Å². The summed E-state index contributed by atoms with van der Waals surface area (Å²) >= 11 is 1.48. The van der Waals surface area contributed by atoms with Crippen LogP contribution >= 0.6 is 11.3 Å². The van der Waals surface area contributed by atoms with E-state index in [1.54, 1.807) is 13.0 Å². The number of aliphatic hydroxyl groups is 1. The molecule has 0 aliphatic carbocycles. The molecule has 1 rings (SSSR count). The number of unbranched alkanes of at least 4 members (excludes halogenated alkanes) is 1. The number of sulfonamides is 1. The van der Waals surface area contributed by atoms with Crippen LogP contribution in [0, 0.1) is 13.8 Å². The normalized spacial score (nSPS) is 11.9. The van der Waals surface area contributed by atoms with Crippen molar-refractivity contribution in [3.63, 3.8) is 0 Å². The highest BCUT2D eigenvalue weighted by atomic mass is 32.2. The lowest BCUT2D eigenvalue weighted by atomic mass is 10.3. The van der Waals surface area contributed by atoms with Gasteiger partial charge in [0.05, 0.1) is 4.90 Å². The summed E-state index contributed by atoms with van der Waals surface area (Å²) in [5.74, 6) is 0. The average molecular weight is 263 g/mol. The van der Waals surface area contributed by atoms with E-state index in [0.29, 0.717) is 24.3 Å². The molecule has 1 aromatic heterocycles. The number of aliphatic hydroxyl groups excluding tert-OH is 1. The van der Waals surface area contributed by atoms with E-state index >= 15 is 0 Å². The summed E-state index contributed by atoms with van der Waals surface area (Å²) in [5.41, 5.74) is 0. The molecule has 4 nitrogen and oxygen atoms in total. The maximum absolute atomic E-state index is 11.9. The average Bonchev–Trinajstić information content (AvgIpc) is 2.53.